The predicted octanol–water partition coefficient (Wildman–Crippen LogP) is 2.19. The van der Waals surface area contributed by atoms with Gasteiger partial charge in [0.25, 0.3) is 0 Å². The first-order valence-electron chi connectivity index (χ1n) is 9.58. The van der Waals surface area contributed by atoms with E-state index in [4.69, 9.17) is 0 Å². The molecule has 0 saturated carbocycles. The molecule has 0 bridgehead atoms. The second-order valence-corrected chi connectivity index (χ2v) is 7.68. The van der Waals surface area contributed by atoms with Gasteiger partial charge in [-0.1, -0.05) is 24.3 Å². The first-order chi connectivity index (χ1) is 12.2. The Morgan fingerprint density at radius 1 is 1.08 bits per heavy atom. The highest BCUT2D eigenvalue weighted by atomic mass is 15.4. The van der Waals surface area contributed by atoms with Crippen molar-refractivity contribution in [3.63, 3.8) is 0 Å². The molecule has 1 atom stereocenters. The Labute approximate surface area is 150 Å². The van der Waals surface area contributed by atoms with Gasteiger partial charge in [0.15, 0.2) is 0 Å². The highest BCUT2D eigenvalue weighted by Gasteiger charge is 2.25. The molecule has 2 aromatic rings. The van der Waals surface area contributed by atoms with Crippen LogP contribution in [0.4, 0.5) is 0 Å². The van der Waals surface area contributed by atoms with E-state index in [9.17, 15) is 0 Å². The second kappa shape index (κ2) is 7.26. The lowest BCUT2D eigenvalue weighted by Gasteiger charge is -2.36. The van der Waals surface area contributed by atoms with Gasteiger partial charge in [-0.2, -0.15) is 5.10 Å². The molecule has 5 heteroatoms. The molecule has 1 aliphatic heterocycles. The average Bonchev–Trinajstić information content (AvgIpc) is 3.26. The Bertz CT molecular complexity index is 677. The van der Waals surface area contributed by atoms with Crippen LogP contribution in [0.3, 0.4) is 0 Å². The summed E-state index contributed by atoms with van der Waals surface area (Å²) in [6.07, 6.45) is 6.07. The lowest BCUT2D eigenvalue weighted by Crippen LogP contribution is -2.48. The van der Waals surface area contributed by atoms with Gasteiger partial charge in [-0.05, 0) is 44.4 Å². The molecule has 0 spiro atoms. The molecule has 1 aromatic carbocycles. The number of aryl methyl sites for hydroxylation is 1. The first-order valence-corrected chi connectivity index (χ1v) is 9.58. The minimum atomic E-state index is 0.439. The summed E-state index contributed by atoms with van der Waals surface area (Å²) < 4.78 is 2.19. The van der Waals surface area contributed by atoms with Gasteiger partial charge in [-0.3, -0.25) is 4.90 Å². The van der Waals surface area contributed by atoms with E-state index in [2.05, 4.69) is 62.8 Å². The summed E-state index contributed by atoms with van der Waals surface area (Å²) >= 11 is 0. The van der Waals surface area contributed by atoms with Crippen LogP contribution in [0.2, 0.25) is 0 Å². The summed E-state index contributed by atoms with van der Waals surface area (Å²) in [7, 11) is 2.21. The second-order valence-electron chi connectivity index (χ2n) is 7.68. The predicted molar refractivity (Wildman–Crippen MR) is 99.8 cm³/mol. The molecule has 0 N–H and O–H groups in total. The van der Waals surface area contributed by atoms with E-state index in [1.165, 1.54) is 37.3 Å². The maximum atomic E-state index is 4.58. The number of likely N-dealkylation sites (N-methyl/N-ethyl adjacent to an activating group) is 1. The van der Waals surface area contributed by atoms with Crippen molar-refractivity contribution >= 4 is 0 Å². The molecule has 0 radical (unpaired) electrons. The van der Waals surface area contributed by atoms with Crippen molar-refractivity contribution < 1.29 is 0 Å². The summed E-state index contributed by atoms with van der Waals surface area (Å²) in [5, 5.41) is 4.57. The number of piperazine rings is 1. The Balaban J connectivity index is 1.36. The van der Waals surface area contributed by atoms with Crippen molar-refractivity contribution in [1.29, 1.82) is 0 Å². The lowest BCUT2D eigenvalue weighted by atomic mass is 10.1. The fourth-order valence-corrected chi connectivity index (χ4v) is 4.25. The van der Waals surface area contributed by atoms with Gasteiger partial charge >= 0.3 is 0 Å². The average molecular weight is 339 g/mol. The van der Waals surface area contributed by atoms with Gasteiger partial charge in [-0.15, -0.1) is 0 Å². The van der Waals surface area contributed by atoms with E-state index in [0.717, 1.165) is 31.5 Å². The normalized spacial score (nSPS) is 20.7. The third-order valence-electron chi connectivity index (χ3n) is 5.97. The first kappa shape index (κ1) is 16.7. The summed E-state index contributed by atoms with van der Waals surface area (Å²) in [5.74, 6) is 1.15. The minimum absolute atomic E-state index is 0.439. The number of fused-ring (bicyclic) bond motifs is 1. The van der Waals surface area contributed by atoms with Crippen LogP contribution in [-0.4, -0.2) is 63.8 Å². The molecule has 25 heavy (non-hydrogen) atoms. The van der Waals surface area contributed by atoms with Gasteiger partial charge in [0.2, 0.25) is 0 Å². The van der Waals surface area contributed by atoms with E-state index >= 15 is 0 Å². The number of benzene rings is 1. The Hall–Kier alpha value is -1.72. The Morgan fingerprint density at radius 3 is 2.44 bits per heavy atom. The van der Waals surface area contributed by atoms with Crippen LogP contribution in [0.15, 0.2) is 30.6 Å². The summed E-state index contributed by atoms with van der Waals surface area (Å²) in [6, 6.07) is 9.83. The van der Waals surface area contributed by atoms with Crippen molar-refractivity contribution in [1.82, 2.24) is 24.6 Å². The molecular formula is C20H29N5. The van der Waals surface area contributed by atoms with Crippen LogP contribution in [0.1, 0.15) is 36.3 Å². The van der Waals surface area contributed by atoms with Gasteiger partial charge in [0.05, 0.1) is 6.04 Å². The zero-order valence-electron chi connectivity index (χ0n) is 15.4. The monoisotopic (exact) mass is 339 g/mol. The van der Waals surface area contributed by atoms with Gasteiger partial charge in [0, 0.05) is 38.6 Å². The largest absolute Gasteiger partial charge is 0.304 e. The standard InChI is InChI=1S/C20H29N5/c1-16(24-11-9-23(2)10-12-24)7-8-20-21-15-22-25(20)19-13-17-5-3-4-6-18(17)14-19/h3-6,15-16,19H,7-14H2,1-2H3/t16-/m0/s1. The smallest absolute Gasteiger partial charge is 0.138 e. The molecule has 4 rings (SSSR count). The number of nitrogens with zero attached hydrogens (tertiary/aromatic N) is 5. The maximum Gasteiger partial charge on any atom is 0.138 e. The molecule has 134 valence electrons. The van der Waals surface area contributed by atoms with E-state index in [1.54, 1.807) is 6.33 Å². The van der Waals surface area contributed by atoms with Crippen LogP contribution in [0.25, 0.3) is 0 Å². The van der Waals surface area contributed by atoms with Crippen LogP contribution in [-0.2, 0) is 19.3 Å². The molecule has 1 aromatic heterocycles. The van der Waals surface area contributed by atoms with Crippen molar-refractivity contribution in [3.05, 3.63) is 47.5 Å². The van der Waals surface area contributed by atoms with Gasteiger partial charge in [-0.25, -0.2) is 9.67 Å². The fraction of sp³-hybridized carbons (Fsp3) is 0.600. The number of hydrogen-bond acceptors (Lipinski definition) is 4. The Morgan fingerprint density at radius 2 is 1.76 bits per heavy atom. The third kappa shape index (κ3) is 3.62. The quantitative estimate of drug-likeness (QED) is 0.837. The van der Waals surface area contributed by atoms with Crippen LogP contribution >= 0.6 is 0 Å². The van der Waals surface area contributed by atoms with Crippen LogP contribution in [0, 0.1) is 0 Å². The van der Waals surface area contributed by atoms with E-state index in [-0.39, 0.29) is 0 Å². The molecule has 1 fully saturated rings. The summed E-state index contributed by atoms with van der Waals surface area (Å²) in [4.78, 5) is 9.61. The number of hydrogen-bond donors (Lipinski definition) is 0. The maximum absolute atomic E-state index is 4.58. The molecule has 0 unspecified atom stereocenters. The molecule has 2 heterocycles. The van der Waals surface area contributed by atoms with E-state index in [0.29, 0.717) is 12.1 Å². The van der Waals surface area contributed by atoms with Gasteiger partial charge < -0.3 is 4.90 Å². The van der Waals surface area contributed by atoms with Crippen molar-refractivity contribution in [2.24, 2.45) is 0 Å². The molecule has 0 amide bonds. The zero-order valence-corrected chi connectivity index (χ0v) is 15.4. The van der Waals surface area contributed by atoms with Gasteiger partial charge in [0.1, 0.15) is 12.2 Å². The Kier molecular flexibility index (Phi) is 4.86. The zero-order chi connectivity index (χ0) is 17.2. The lowest BCUT2D eigenvalue weighted by molar-refractivity contribution is 0.114. The molecule has 5 nitrogen and oxygen atoms in total. The third-order valence-corrected chi connectivity index (χ3v) is 5.97. The van der Waals surface area contributed by atoms with E-state index in [1.807, 2.05) is 0 Å². The topological polar surface area (TPSA) is 37.2 Å². The molecule has 1 aliphatic carbocycles. The fourth-order valence-electron chi connectivity index (χ4n) is 4.25. The SMILES string of the molecule is C[C@@H](CCc1ncnn1C1Cc2ccccc2C1)N1CCN(C)CC1. The highest BCUT2D eigenvalue weighted by Crippen LogP contribution is 2.30. The highest BCUT2D eigenvalue weighted by molar-refractivity contribution is 5.32. The molecule has 1 saturated heterocycles. The summed E-state index contributed by atoms with van der Waals surface area (Å²) in [5.41, 5.74) is 2.94. The molecular weight excluding hydrogens is 310 g/mol. The number of aromatic nitrogens is 3. The van der Waals surface area contributed by atoms with E-state index < -0.39 is 0 Å². The van der Waals surface area contributed by atoms with Crippen molar-refractivity contribution in [3.8, 4) is 0 Å². The van der Waals surface area contributed by atoms with Crippen molar-refractivity contribution in [2.45, 2.75) is 44.7 Å². The number of rotatable bonds is 5. The molecule has 2 aliphatic rings. The van der Waals surface area contributed by atoms with Crippen LogP contribution < -0.4 is 0 Å². The minimum Gasteiger partial charge on any atom is -0.304 e. The van der Waals surface area contributed by atoms with Crippen LogP contribution in [0.5, 0.6) is 0 Å². The van der Waals surface area contributed by atoms with Crippen molar-refractivity contribution in [2.75, 3.05) is 33.2 Å². The summed E-state index contributed by atoms with van der Waals surface area (Å²) in [6.45, 7) is 7.09.